The molecule has 4 nitrogen and oxygen atoms in total. The van der Waals surface area contributed by atoms with E-state index in [-0.39, 0.29) is 24.2 Å². The maximum atomic E-state index is 13.0. The molecule has 1 aromatic rings. The number of hydrogen-bond acceptors (Lipinski definition) is 3. The molecule has 1 aliphatic rings. The summed E-state index contributed by atoms with van der Waals surface area (Å²) in [6, 6.07) is 6.01. The first-order valence-corrected chi connectivity index (χ1v) is 8.75. The molecular formula is C15H22FNO3S. The number of morpholine rings is 1. The summed E-state index contributed by atoms with van der Waals surface area (Å²) in [5.74, 6) is -0.183. The van der Waals surface area contributed by atoms with E-state index in [2.05, 4.69) is 0 Å². The molecule has 0 aromatic heterocycles. The largest absolute Gasteiger partial charge is 0.370 e. The van der Waals surface area contributed by atoms with Gasteiger partial charge in [-0.05, 0) is 38.0 Å². The van der Waals surface area contributed by atoms with E-state index in [1.165, 1.54) is 16.4 Å². The van der Waals surface area contributed by atoms with E-state index >= 15 is 0 Å². The first-order valence-electron chi connectivity index (χ1n) is 7.14. The lowest BCUT2D eigenvalue weighted by Gasteiger charge is -2.44. The van der Waals surface area contributed by atoms with Crippen LogP contribution in [0.3, 0.4) is 0 Å². The standard InChI is InChI=1S/C15H22FNO3S/c1-4-9-21(18,19)17-10-14(20-11-15(17,2)3)12-5-7-13(16)8-6-12/h5-8,14H,4,9-11H2,1-3H3. The fourth-order valence-corrected chi connectivity index (χ4v) is 4.47. The molecule has 0 bridgehead atoms. The second-order valence-electron chi connectivity index (χ2n) is 6.01. The van der Waals surface area contributed by atoms with Crippen LogP contribution in [0.5, 0.6) is 0 Å². The molecule has 0 N–H and O–H groups in total. The maximum Gasteiger partial charge on any atom is 0.214 e. The Labute approximate surface area is 126 Å². The van der Waals surface area contributed by atoms with Crippen LogP contribution in [0.4, 0.5) is 4.39 Å². The van der Waals surface area contributed by atoms with Crippen molar-refractivity contribution in [2.45, 2.75) is 38.8 Å². The molecule has 0 spiro atoms. The van der Waals surface area contributed by atoms with E-state index in [0.29, 0.717) is 13.0 Å². The van der Waals surface area contributed by atoms with E-state index in [1.54, 1.807) is 12.1 Å². The summed E-state index contributed by atoms with van der Waals surface area (Å²) < 4.78 is 45.2. The van der Waals surface area contributed by atoms with Crippen molar-refractivity contribution in [2.24, 2.45) is 0 Å². The Balaban J connectivity index is 2.25. The predicted molar refractivity (Wildman–Crippen MR) is 80.0 cm³/mol. The molecule has 1 heterocycles. The SMILES string of the molecule is CCCS(=O)(=O)N1CC(c2ccc(F)cc2)OCC1(C)C. The Morgan fingerprint density at radius 2 is 1.95 bits per heavy atom. The highest BCUT2D eigenvalue weighted by Gasteiger charge is 2.42. The molecular weight excluding hydrogens is 293 g/mol. The first-order chi connectivity index (χ1) is 9.76. The zero-order valence-electron chi connectivity index (χ0n) is 12.7. The average Bonchev–Trinajstić information content (AvgIpc) is 2.39. The van der Waals surface area contributed by atoms with Crippen LogP contribution in [0.15, 0.2) is 24.3 Å². The summed E-state index contributed by atoms with van der Waals surface area (Å²) in [6.45, 7) is 6.16. The highest BCUT2D eigenvalue weighted by Crippen LogP contribution is 2.32. The summed E-state index contributed by atoms with van der Waals surface area (Å²) in [7, 11) is -3.31. The van der Waals surface area contributed by atoms with Crippen molar-refractivity contribution in [3.8, 4) is 0 Å². The molecule has 0 amide bonds. The quantitative estimate of drug-likeness (QED) is 0.858. The lowest BCUT2D eigenvalue weighted by molar-refractivity contribution is -0.0655. The Kier molecular flexibility index (Phi) is 4.70. The second-order valence-corrected chi connectivity index (χ2v) is 8.02. The van der Waals surface area contributed by atoms with Crippen molar-refractivity contribution in [1.29, 1.82) is 0 Å². The third kappa shape index (κ3) is 3.62. The summed E-state index contributed by atoms with van der Waals surface area (Å²) >= 11 is 0. The van der Waals surface area contributed by atoms with Crippen LogP contribution in [0.1, 0.15) is 38.9 Å². The van der Waals surface area contributed by atoms with Crippen molar-refractivity contribution in [2.75, 3.05) is 18.9 Å². The van der Waals surface area contributed by atoms with Gasteiger partial charge in [0.25, 0.3) is 0 Å². The van der Waals surface area contributed by atoms with Gasteiger partial charge in [0.2, 0.25) is 10.0 Å². The molecule has 1 fully saturated rings. The van der Waals surface area contributed by atoms with Gasteiger partial charge in [0, 0.05) is 6.54 Å². The molecule has 1 aromatic carbocycles. The van der Waals surface area contributed by atoms with Gasteiger partial charge in [-0.1, -0.05) is 19.1 Å². The summed E-state index contributed by atoms with van der Waals surface area (Å²) in [5, 5.41) is 0. The number of hydrogen-bond donors (Lipinski definition) is 0. The van der Waals surface area contributed by atoms with Crippen LogP contribution >= 0.6 is 0 Å². The van der Waals surface area contributed by atoms with Gasteiger partial charge < -0.3 is 4.74 Å². The van der Waals surface area contributed by atoms with Gasteiger partial charge in [0.05, 0.1) is 24.0 Å². The monoisotopic (exact) mass is 315 g/mol. The fourth-order valence-electron chi connectivity index (χ4n) is 2.56. The van der Waals surface area contributed by atoms with Crippen molar-refractivity contribution >= 4 is 10.0 Å². The van der Waals surface area contributed by atoms with Crippen LogP contribution in [0.25, 0.3) is 0 Å². The maximum absolute atomic E-state index is 13.0. The topological polar surface area (TPSA) is 46.6 Å². The smallest absolute Gasteiger partial charge is 0.214 e. The van der Waals surface area contributed by atoms with E-state index in [4.69, 9.17) is 4.74 Å². The van der Waals surface area contributed by atoms with Gasteiger partial charge in [-0.15, -0.1) is 0 Å². The lowest BCUT2D eigenvalue weighted by Crippen LogP contribution is -2.56. The minimum Gasteiger partial charge on any atom is -0.370 e. The molecule has 0 aliphatic carbocycles. The second kappa shape index (κ2) is 6.02. The van der Waals surface area contributed by atoms with Gasteiger partial charge >= 0.3 is 0 Å². The third-order valence-corrected chi connectivity index (χ3v) is 5.92. The van der Waals surface area contributed by atoms with Crippen LogP contribution in [-0.2, 0) is 14.8 Å². The zero-order chi connectivity index (χ0) is 15.7. The van der Waals surface area contributed by atoms with Crippen LogP contribution in [0, 0.1) is 5.82 Å². The molecule has 2 rings (SSSR count). The Morgan fingerprint density at radius 3 is 2.52 bits per heavy atom. The normalized spacial score (nSPS) is 23.1. The van der Waals surface area contributed by atoms with E-state index in [0.717, 1.165) is 5.56 Å². The zero-order valence-corrected chi connectivity index (χ0v) is 13.5. The molecule has 6 heteroatoms. The van der Waals surface area contributed by atoms with Crippen LogP contribution in [-0.4, -0.2) is 37.2 Å². The molecule has 1 saturated heterocycles. The molecule has 0 radical (unpaired) electrons. The fraction of sp³-hybridized carbons (Fsp3) is 0.600. The molecule has 21 heavy (non-hydrogen) atoms. The molecule has 1 aliphatic heterocycles. The van der Waals surface area contributed by atoms with E-state index < -0.39 is 15.6 Å². The number of sulfonamides is 1. The predicted octanol–water partition coefficient (Wildman–Crippen LogP) is 2.72. The highest BCUT2D eigenvalue weighted by atomic mass is 32.2. The van der Waals surface area contributed by atoms with Gasteiger partial charge in [-0.2, -0.15) is 4.31 Å². The number of benzene rings is 1. The molecule has 1 atom stereocenters. The van der Waals surface area contributed by atoms with Crippen molar-refractivity contribution < 1.29 is 17.5 Å². The summed E-state index contributed by atoms with van der Waals surface area (Å²) in [5.41, 5.74) is 0.230. The summed E-state index contributed by atoms with van der Waals surface area (Å²) in [6.07, 6.45) is 0.224. The average molecular weight is 315 g/mol. The first kappa shape index (κ1) is 16.4. The number of halogens is 1. The van der Waals surface area contributed by atoms with Crippen molar-refractivity contribution in [1.82, 2.24) is 4.31 Å². The number of ether oxygens (including phenoxy) is 1. The number of rotatable bonds is 4. The van der Waals surface area contributed by atoms with E-state index in [1.807, 2.05) is 20.8 Å². The molecule has 0 saturated carbocycles. The Bertz CT molecular complexity index is 583. The van der Waals surface area contributed by atoms with Gasteiger partial charge in [-0.25, -0.2) is 12.8 Å². The van der Waals surface area contributed by atoms with Gasteiger partial charge in [0.1, 0.15) is 5.82 Å². The minimum absolute atomic E-state index is 0.132. The van der Waals surface area contributed by atoms with Crippen molar-refractivity contribution in [3.63, 3.8) is 0 Å². The number of nitrogens with zero attached hydrogens (tertiary/aromatic N) is 1. The van der Waals surface area contributed by atoms with Gasteiger partial charge in [0.15, 0.2) is 0 Å². The lowest BCUT2D eigenvalue weighted by atomic mass is 10.0. The van der Waals surface area contributed by atoms with Gasteiger partial charge in [-0.3, -0.25) is 0 Å². The third-order valence-electron chi connectivity index (χ3n) is 3.68. The highest BCUT2D eigenvalue weighted by molar-refractivity contribution is 7.89. The Hall–Kier alpha value is -0.980. The molecule has 1 unspecified atom stereocenters. The summed E-state index contributed by atoms with van der Waals surface area (Å²) in [4.78, 5) is 0. The van der Waals surface area contributed by atoms with Crippen LogP contribution in [0.2, 0.25) is 0 Å². The van der Waals surface area contributed by atoms with Crippen LogP contribution < -0.4 is 0 Å². The molecule has 118 valence electrons. The Morgan fingerprint density at radius 1 is 1.33 bits per heavy atom. The minimum atomic E-state index is -3.31. The van der Waals surface area contributed by atoms with E-state index in [9.17, 15) is 12.8 Å². The van der Waals surface area contributed by atoms with Crippen molar-refractivity contribution in [3.05, 3.63) is 35.6 Å².